The second-order valence-corrected chi connectivity index (χ2v) is 4.23. The molecule has 66 valence electrons. The number of hydrogen-bond acceptors (Lipinski definition) is 2. The molecule has 0 aliphatic heterocycles. The Hall–Kier alpha value is -0.0800. The minimum Gasteiger partial charge on any atom is -0.394 e. The minimum absolute atomic E-state index is 0.0208. The summed E-state index contributed by atoms with van der Waals surface area (Å²) >= 11 is 0. The van der Waals surface area contributed by atoms with Crippen molar-refractivity contribution in [2.75, 3.05) is 13.7 Å². The molecule has 0 radical (unpaired) electrons. The number of hydrogen-bond donors (Lipinski definition) is 2. The van der Waals surface area contributed by atoms with Gasteiger partial charge in [0.15, 0.2) is 0 Å². The van der Waals surface area contributed by atoms with E-state index in [2.05, 4.69) is 19.2 Å². The van der Waals surface area contributed by atoms with Crippen LogP contribution in [0.25, 0.3) is 0 Å². The first-order valence-corrected chi connectivity index (χ1v) is 4.38. The van der Waals surface area contributed by atoms with Crippen molar-refractivity contribution < 1.29 is 5.11 Å². The number of aliphatic hydroxyl groups is 1. The highest BCUT2D eigenvalue weighted by Crippen LogP contribution is 2.45. The molecule has 1 fully saturated rings. The number of aliphatic hydroxyl groups excluding tert-OH is 1. The molecule has 1 aliphatic rings. The maximum absolute atomic E-state index is 9.29. The average Bonchev–Trinajstić information content (AvgIpc) is 2.26. The van der Waals surface area contributed by atoms with Gasteiger partial charge in [0.25, 0.3) is 0 Å². The quantitative estimate of drug-likeness (QED) is 0.630. The molecule has 0 aromatic rings. The molecule has 2 N–H and O–H groups in total. The second kappa shape index (κ2) is 2.76. The molecule has 1 unspecified atom stereocenters. The van der Waals surface area contributed by atoms with Crippen LogP contribution in [0.4, 0.5) is 0 Å². The third kappa shape index (κ3) is 1.18. The van der Waals surface area contributed by atoms with Crippen molar-refractivity contribution in [1.82, 2.24) is 5.32 Å². The van der Waals surface area contributed by atoms with Crippen LogP contribution < -0.4 is 5.32 Å². The predicted octanol–water partition coefficient (Wildman–Crippen LogP) is 1.15. The first-order chi connectivity index (χ1) is 5.08. The summed E-state index contributed by atoms with van der Waals surface area (Å²) < 4.78 is 0. The zero-order chi connectivity index (χ0) is 8.54. The van der Waals surface area contributed by atoms with Gasteiger partial charge in [-0.3, -0.25) is 0 Å². The molecule has 0 amide bonds. The second-order valence-electron chi connectivity index (χ2n) is 4.23. The Morgan fingerprint density at radius 2 is 2.00 bits per heavy atom. The molecule has 1 atom stereocenters. The maximum atomic E-state index is 9.29. The summed E-state index contributed by atoms with van der Waals surface area (Å²) in [6.07, 6.45) is 3.55. The van der Waals surface area contributed by atoms with Gasteiger partial charge in [-0.2, -0.15) is 0 Å². The standard InChI is InChI=1S/C9H19NO/c1-8(2)5-4-6-9(8,7-11)10-3/h10-11H,4-7H2,1-3H3. The van der Waals surface area contributed by atoms with Gasteiger partial charge in [0.05, 0.1) is 6.61 Å². The zero-order valence-electron chi connectivity index (χ0n) is 7.78. The zero-order valence-corrected chi connectivity index (χ0v) is 7.78. The van der Waals surface area contributed by atoms with Crippen molar-refractivity contribution in [2.24, 2.45) is 5.41 Å². The van der Waals surface area contributed by atoms with Crippen molar-refractivity contribution >= 4 is 0 Å². The Kier molecular flexibility index (Phi) is 2.26. The van der Waals surface area contributed by atoms with Crippen molar-refractivity contribution in [3.8, 4) is 0 Å². The number of nitrogens with one attached hydrogen (secondary N) is 1. The van der Waals surface area contributed by atoms with E-state index < -0.39 is 0 Å². The largest absolute Gasteiger partial charge is 0.394 e. The van der Waals surface area contributed by atoms with E-state index >= 15 is 0 Å². The van der Waals surface area contributed by atoms with Crippen LogP contribution in [0, 0.1) is 5.41 Å². The fourth-order valence-corrected chi connectivity index (χ4v) is 2.25. The topological polar surface area (TPSA) is 32.3 Å². The fraction of sp³-hybridized carbons (Fsp3) is 1.00. The van der Waals surface area contributed by atoms with E-state index in [0.717, 1.165) is 6.42 Å². The van der Waals surface area contributed by atoms with Gasteiger partial charge < -0.3 is 10.4 Å². The SMILES string of the molecule is CNC1(CO)CCCC1(C)C. The molecule has 11 heavy (non-hydrogen) atoms. The third-order valence-electron chi connectivity index (χ3n) is 3.45. The molecule has 0 aromatic heterocycles. The highest BCUT2D eigenvalue weighted by atomic mass is 16.3. The molecule has 1 aliphatic carbocycles. The highest BCUT2D eigenvalue weighted by molar-refractivity contribution is 5.03. The van der Waals surface area contributed by atoms with Gasteiger partial charge in [-0.25, -0.2) is 0 Å². The van der Waals surface area contributed by atoms with Gasteiger partial charge in [-0.1, -0.05) is 20.3 Å². The molecule has 2 nitrogen and oxygen atoms in total. The van der Waals surface area contributed by atoms with Crippen LogP contribution in [-0.2, 0) is 0 Å². The van der Waals surface area contributed by atoms with Gasteiger partial charge in [0, 0.05) is 5.54 Å². The molecule has 0 spiro atoms. The molecule has 0 heterocycles. The van der Waals surface area contributed by atoms with Gasteiger partial charge in [-0.05, 0) is 25.3 Å². The van der Waals surface area contributed by atoms with Crippen LogP contribution >= 0.6 is 0 Å². The van der Waals surface area contributed by atoms with Gasteiger partial charge >= 0.3 is 0 Å². The van der Waals surface area contributed by atoms with E-state index in [4.69, 9.17) is 0 Å². The van der Waals surface area contributed by atoms with E-state index in [1.54, 1.807) is 0 Å². The summed E-state index contributed by atoms with van der Waals surface area (Å²) in [5.74, 6) is 0. The van der Waals surface area contributed by atoms with Crippen LogP contribution in [0.1, 0.15) is 33.1 Å². The lowest BCUT2D eigenvalue weighted by atomic mass is 9.75. The maximum Gasteiger partial charge on any atom is 0.0618 e. The Labute approximate surface area is 69.0 Å². The van der Waals surface area contributed by atoms with Crippen molar-refractivity contribution in [2.45, 2.75) is 38.6 Å². The third-order valence-corrected chi connectivity index (χ3v) is 3.45. The summed E-state index contributed by atoms with van der Waals surface area (Å²) in [5, 5.41) is 12.6. The van der Waals surface area contributed by atoms with E-state index in [9.17, 15) is 5.11 Å². The lowest BCUT2D eigenvalue weighted by Gasteiger charge is -2.40. The minimum atomic E-state index is -0.0208. The number of rotatable bonds is 2. The van der Waals surface area contributed by atoms with E-state index in [1.165, 1.54) is 12.8 Å². The smallest absolute Gasteiger partial charge is 0.0618 e. The number of likely N-dealkylation sites (N-methyl/N-ethyl adjacent to an activating group) is 1. The van der Waals surface area contributed by atoms with Crippen molar-refractivity contribution in [3.63, 3.8) is 0 Å². The summed E-state index contributed by atoms with van der Waals surface area (Å²) in [6.45, 7) is 4.72. The van der Waals surface area contributed by atoms with Crippen LogP contribution in [0.2, 0.25) is 0 Å². The fourth-order valence-electron chi connectivity index (χ4n) is 2.25. The predicted molar refractivity (Wildman–Crippen MR) is 46.5 cm³/mol. The monoisotopic (exact) mass is 157 g/mol. The molecule has 0 aromatic carbocycles. The highest BCUT2D eigenvalue weighted by Gasteiger charge is 2.46. The van der Waals surface area contributed by atoms with E-state index in [-0.39, 0.29) is 17.6 Å². The lowest BCUT2D eigenvalue weighted by molar-refractivity contribution is 0.0825. The van der Waals surface area contributed by atoms with Gasteiger partial charge in [-0.15, -0.1) is 0 Å². The lowest BCUT2D eigenvalue weighted by Crippen LogP contribution is -2.53. The first kappa shape index (κ1) is 9.01. The molecular weight excluding hydrogens is 138 g/mol. The Balaban J connectivity index is 2.81. The van der Waals surface area contributed by atoms with Gasteiger partial charge in [0.2, 0.25) is 0 Å². The summed E-state index contributed by atoms with van der Waals surface area (Å²) in [6, 6.07) is 0. The van der Waals surface area contributed by atoms with E-state index in [0.29, 0.717) is 0 Å². The van der Waals surface area contributed by atoms with Crippen LogP contribution in [0.15, 0.2) is 0 Å². The molecule has 1 saturated carbocycles. The van der Waals surface area contributed by atoms with Gasteiger partial charge in [0.1, 0.15) is 0 Å². The molecule has 0 bridgehead atoms. The summed E-state index contributed by atoms with van der Waals surface area (Å²) in [5.41, 5.74) is 0.226. The van der Waals surface area contributed by atoms with Crippen molar-refractivity contribution in [1.29, 1.82) is 0 Å². The van der Waals surface area contributed by atoms with Crippen LogP contribution in [0.5, 0.6) is 0 Å². The Morgan fingerprint density at radius 1 is 1.36 bits per heavy atom. The summed E-state index contributed by atoms with van der Waals surface area (Å²) in [4.78, 5) is 0. The van der Waals surface area contributed by atoms with Crippen molar-refractivity contribution in [3.05, 3.63) is 0 Å². The molecule has 0 saturated heterocycles. The molecular formula is C9H19NO. The Bertz CT molecular complexity index is 138. The van der Waals surface area contributed by atoms with Crippen LogP contribution in [-0.4, -0.2) is 24.3 Å². The van der Waals surface area contributed by atoms with E-state index in [1.807, 2.05) is 7.05 Å². The first-order valence-electron chi connectivity index (χ1n) is 4.38. The molecule has 1 rings (SSSR count). The Morgan fingerprint density at radius 3 is 2.18 bits per heavy atom. The molecule has 2 heteroatoms. The normalized spacial score (nSPS) is 36.0. The van der Waals surface area contributed by atoms with Crippen LogP contribution in [0.3, 0.4) is 0 Å². The summed E-state index contributed by atoms with van der Waals surface area (Å²) in [7, 11) is 1.95. The average molecular weight is 157 g/mol.